The van der Waals surface area contributed by atoms with Gasteiger partial charge in [-0.2, -0.15) is 0 Å². The summed E-state index contributed by atoms with van der Waals surface area (Å²) in [6.07, 6.45) is 1.56. The third-order valence-electron chi connectivity index (χ3n) is 2.55. The number of carbonyl (C=O) groups excluding carboxylic acids is 1. The van der Waals surface area contributed by atoms with Gasteiger partial charge in [-0.25, -0.2) is 0 Å². The average molecular weight is 231 g/mol. The van der Waals surface area contributed by atoms with E-state index in [-0.39, 0.29) is 11.7 Å². The van der Waals surface area contributed by atoms with Crippen molar-refractivity contribution in [2.24, 2.45) is 0 Å². The molecule has 0 aliphatic heterocycles. The number of amides is 1. The number of nitrogens with one attached hydrogen (secondary N) is 1. The number of aromatic hydroxyl groups is 1. The average Bonchev–Trinajstić information content (AvgIpc) is 2.82. The van der Waals surface area contributed by atoms with E-state index in [2.05, 4.69) is 5.32 Å². The Bertz CT molecular complexity index is 517. The van der Waals surface area contributed by atoms with Crippen LogP contribution >= 0.6 is 0 Å². The van der Waals surface area contributed by atoms with Gasteiger partial charge in [-0.05, 0) is 31.2 Å². The highest BCUT2D eigenvalue weighted by Crippen LogP contribution is 2.19. The highest BCUT2D eigenvalue weighted by Gasteiger charge is 2.11. The van der Waals surface area contributed by atoms with Gasteiger partial charge in [0.25, 0.3) is 5.91 Å². The summed E-state index contributed by atoms with van der Waals surface area (Å²) in [5.41, 5.74) is 1.04. The lowest BCUT2D eigenvalue weighted by Gasteiger charge is -2.07. The van der Waals surface area contributed by atoms with Gasteiger partial charge in [0.2, 0.25) is 0 Å². The minimum absolute atomic E-state index is 0.121. The summed E-state index contributed by atoms with van der Waals surface area (Å²) in [6, 6.07) is 8.42. The molecule has 4 heteroatoms. The van der Waals surface area contributed by atoms with Crippen molar-refractivity contribution < 1.29 is 14.3 Å². The molecule has 0 fully saturated rings. The fourth-order valence-corrected chi connectivity index (χ4v) is 1.55. The van der Waals surface area contributed by atoms with Gasteiger partial charge in [0.15, 0.2) is 0 Å². The van der Waals surface area contributed by atoms with Crippen LogP contribution in [-0.2, 0) is 6.54 Å². The Labute approximate surface area is 98.9 Å². The topological polar surface area (TPSA) is 62.5 Å². The highest BCUT2D eigenvalue weighted by molar-refractivity contribution is 5.96. The monoisotopic (exact) mass is 231 g/mol. The van der Waals surface area contributed by atoms with Gasteiger partial charge in [-0.15, -0.1) is 0 Å². The van der Waals surface area contributed by atoms with Crippen LogP contribution in [0.5, 0.6) is 5.75 Å². The molecule has 0 saturated heterocycles. The number of rotatable bonds is 3. The number of hydrogen-bond donors (Lipinski definition) is 2. The molecule has 1 aromatic heterocycles. The predicted molar refractivity (Wildman–Crippen MR) is 62.7 cm³/mol. The SMILES string of the molecule is Cc1c(O)cccc1C(=O)NCc1ccco1. The van der Waals surface area contributed by atoms with Crippen LogP contribution < -0.4 is 5.32 Å². The third kappa shape index (κ3) is 2.47. The largest absolute Gasteiger partial charge is 0.508 e. The first-order valence-electron chi connectivity index (χ1n) is 5.27. The first-order valence-corrected chi connectivity index (χ1v) is 5.27. The molecule has 0 atom stereocenters. The lowest BCUT2D eigenvalue weighted by atomic mass is 10.1. The van der Waals surface area contributed by atoms with Crippen LogP contribution in [0, 0.1) is 6.92 Å². The van der Waals surface area contributed by atoms with Crippen LogP contribution in [0.4, 0.5) is 0 Å². The van der Waals surface area contributed by atoms with Crippen molar-refractivity contribution in [2.45, 2.75) is 13.5 Å². The van der Waals surface area contributed by atoms with Crippen LogP contribution in [0.25, 0.3) is 0 Å². The van der Waals surface area contributed by atoms with E-state index in [9.17, 15) is 9.90 Å². The van der Waals surface area contributed by atoms with E-state index in [1.807, 2.05) is 0 Å². The predicted octanol–water partition coefficient (Wildman–Crippen LogP) is 2.22. The quantitative estimate of drug-likeness (QED) is 0.851. The molecule has 17 heavy (non-hydrogen) atoms. The molecule has 2 aromatic rings. The minimum atomic E-state index is -0.227. The zero-order valence-corrected chi connectivity index (χ0v) is 9.43. The Morgan fingerprint density at radius 3 is 2.88 bits per heavy atom. The molecule has 0 aliphatic rings. The summed E-state index contributed by atoms with van der Waals surface area (Å²) in [5.74, 6) is 0.585. The van der Waals surface area contributed by atoms with Gasteiger partial charge in [-0.1, -0.05) is 6.07 Å². The van der Waals surface area contributed by atoms with Crippen molar-refractivity contribution in [2.75, 3.05) is 0 Å². The molecule has 1 aromatic carbocycles. The maximum Gasteiger partial charge on any atom is 0.252 e. The zero-order valence-electron chi connectivity index (χ0n) is 9.43. The zero-order chi connectivity index (χ0) is 12.3. The van der Waals surface area contributed by atoms with Gasteiger partial charge in [0.1, 0.15) is 11.5 Å². The van der Waals surface area contributed by atoms with Crippen molar-refractivity contribution in [3.05, 3.63) is 53.5 Å². The molecule has 2 rings (SSSR count). The summed E-state index contributed by atoms with van der Waals surface area (Å²) in [7, 11) is 0. The Kier molecular flexibility index (Phi) is 3.14. The standard InChI is InChI=1S/C13H13NO3/c1-9-11(5-2-6-12(9)15)13(16)14-8-10-4-3-7-17-10/h2-7,15H,8H2,1H3,(H,14,16). The molecule has 0 unspecified atom stereocenters. The van der Waals surface area contributed by atoms with Crippen LogP contribution in [0.2, 0.25) is 0 Å². The fraction of sp³-hybridized carbons (Fsp3) is 0.154. The van der Waals surface area contributed by atoms with E-state index in [1.54, 1.807) is 43.5 Å². The van der Waals surface area contributed by atoms with E-state index in [0.717, 1.165) is 0 Å². The van der Waals surface area contributed by atoms with Crippen molar-refractivity contribution >= 4 is 5.91 Å². The number of carbonyl (C=O) groups is 1. The molecule has 1 amide bonds. The number of phenolic OH excluding ortho intramolecular Hbond substituents is 1. The summed E-state index contributed by atoms with van der Waals surface area (Å²) in [5, 5.41) is 12.2. The van der Waals surface area contributed by atoms with Crippen LogP contribution in [0.1, 0.15) is 21.7 Å². The number of furan rings is 1. The van der Waals surface area contributed by atoms with Gasteiger partial charge >= 0.3 is 0 Å². The molecule has 1 heterocycles. The van der Waals surface area contributed by atoms with Gasteiger partial charge < -0.3 is 14.8 Å². The number of benzene rings is 1. The maximum atomic E-state index is 11.8. The van der Waals surface area contributed by atoms with E-state index < -0.39 is 0 Å². The second-order valence-corrected chi connectivity index (χ2v) is 3.71. The first kappa shape index (κ1) is 11.3. The van der Waals surface area contributed by atoms with Crippen LogP contribution in [0.3, 0.4) is 0 Å². The van der Waals surface area contributed by atoms with E-state index >= 15 is 0 Å². The lowest BCUT2D eigenvalue weighted by Crippen LogP contribution is -2.23. The van der Waals surface area contributed by atoms with Crippen molar-refractivity contribution in [3.63, 3.8) is 0 Å². The minimum Gasteiger partial charge on any atom is -0.508 e. The summed E-state index contributed by atoms with van der Waals surface area (Å²) >= 11 is 0. The Morgan fingerprint density at radius 2 is 2.18 bits per heavy atom. The molecular weight excluding hydrogens is 218 g/mol. The maximum absolute atomic E-state index is 11.8. The van der Waals surface area contributed by atoms with Crippen LogP contribution in [-0.4, -0.2) is 11.0 Å². The van der Waals surface area contributed by atoms with Crippen molar-refractivity contribution in [3.8, 4) is 5.75 Å². The Morgan fingerprint density at radius 1 is 1.35 bits per heavy atom. The van der Waals surface area contributed by atoms with Crippen molar-refractivity contribution in [1.82, 2.24) is 5.32 Å². The van der Waals surface area contributed by atoms with Crippen molar-refractivity contribution in [1.29, 1.82) is 0 Å². The Hall–Kier alpha value is -2.23. The molecule has 0 radical (unpaired) electrons. The van der Waals surface area contributed by atoms with E-state index in [4.69, 9.17) is 4.42 Å². The van der Waals surface area contributed by atoms with Gasteiger partial charge in [0, 0.05) is 11.1 Å². The molecule has 0 spiro atoms. The number of phenols is 1. The summed E-state index contributed by atoms with van der Waals surface area (Å²) in [6.45, 7) is 2.04. The molecular formula is C13H13NO3. The lowest BCUT2D eigenvalue weighted by molar-refractivity contribution is 0.0947. The second-order valence-electron chi connectivity index (χ2n) is 3.71. The van der Waals surface area contributed by atoms with E-state index in [0.29, 0.717) is 23.4 Å². The molecule has 0 bridgehead atoms. The Balaban J connectivity index is 2.07. The smallest absolute Gasteiger partial charge is 0.252 e. The number of hydrogen-bond acceptors (Lipinski definition) is 3. The fourth-order valence-electron chi connectivity index (χ4n) is 1.55. The van der Waals surface area contributed by atoms with E-state index in [1.165, 1.54) is 0 Å². The van der Waals surface area contributed by atoms with Gasteiger partial charge in [0.05, 0.1) is 12.8 Å². The molecule has 88 valence electrons. The van der Waals surface area contributed by atoms with Crippen LogP contribution in [0.15, 0.2) is 41.0 Å². The molecule has 0 aliphatic carbocycles. The summed E-state index contributed by atoms with van der Waals surface area (Å²) in [4.78, 5) is 11.8. The molecule has 0 saturated carbocycles. The van der Waals surface area contributed by atoms with Gasteiger partial charge in [-0.3, -0.25) is 4.79 Å². The third-order valence-corrected chi connectivity index (χ3v) is 2.55. The summed E-state index contributed by atoms with van der Waals surface area (Å²) < 4.78 is 5.11. The second kappa shape index (κ2) is 4.74. The molecule has 4 nitrogen and oxygen atoms in total. The highest BCUT2D eigenvalue weighted by atomic mass is 16.3. The first-order chi connectivity index (χ1) is 8.18. The normalized spacial score (nSPS) is 10.2. The molecule has 2 N–H and O–H groups in total.